The van der Waals surface area contributed by atoms with E-state index in [2.05, 4.69) is 90.6 Å². The van der Waals surface area contributed by atoms with Crippen LogP contribution in [0.4, 0.5) is 0 Å². The maximum atomic E-state index is 15.7. The van der Waals surface area contributed by atoms with Crippen molar-refractivity contribution in [2.24, 2.45) is 23.7 Å². The summed E-state index contributed by atoms with van der Waals surface area (Å²) in [5, 5.41) is -1.38. The Morgan fingerprint density at radius 3 is 2.23 bits per heavy atom. The van der Waals surface area contributed by atoms with Crippen LogP contribution in [0.2, 0.25) is 18.1 Å². The number of ether oxygens (including phenoxy) is 8. The second kappa shape index (κ2) is 24.1. The van der Waals surface area contributed by atoms with Gasteiger partial charge in [0.2, 0.25) is 0 Å². The van der Waals surface area contributed by atoms with Gasteiger partial charge in [0.15, 0.2) is 29.7 Å². The molecule has 0 radical (unpaired) electrons. The highest BCUT2D eigenvalue weighted by atomic mass is 79.9. The summed E-state index contributed by atoms with van der Waals surface area (Å²) in [6.45, 7) is 29.0. The fourth-order valence-corrected chi connectivity index (χ4v) is 16.8. The number of sulfone groups is 1. The summed E-state index contributed by atoms with van der Waals surface area (Å²) in [6, 6.07) is 17.3. The van der Waals surface area contributed by atoms with E-state index in [9.17, 15) is 4.79 Å². The van der Waals surface area contributed by atoms with E-state index in [1.807, 2.05) is 6.07 Å². The Balaban J connectivity index is 0.968. The first kappa shape index (κ1) is 59.0. The van der Waals surface area contributed by atoms with Crippen LogP contribution < -0.4 is 0 Å². The number of hydrogen-bond donors (Lipinski definition) is 0. The number of Topliss-reactive ketones (excluding diaryl/α,β-unsaturated/α-hetero) is 1. The minimum absolute atomic E-state index is 0.0475. The normalized spacial score (nSPS) is 36.0. The molecule has 8 saturated heterocycles. The molecule has 10 rings (SSSR count). The molecule has 0 aromatic heterocycles. The third-order valence-electron chi connectivity index (χ3n) is 18.6. The fraction of sp³-hybridized carbons (Fsp3) is 0.705. The lowest BCUT2D eigenvalue weighted by Gasteiger charge is -2.47. The zero-order chi connectivity index (χ0) is 55.2. The summed E-state index contributed by atoms with van der Waals surface area (Å²) < 4.78 is 93.0. The second-order valence-electron chi connectivity index (χ2n) is 25.4. The predicted octanol–water partition coefficient (Wildman–Crippen LogP) is 12.1. The maximum absolute atomic E-state index is 15.7. The van der Waals surface area contributed by atoms with E-state index < -0.39 is 83.5 Å². The van der Waals surface area contributed by atoms with E-state index in [0.29, 0.717) is 68.0 Å². The lowest BCUT2D eigenvalue weighted by molar-refractivity contribution is -0.292. The van der Waals surface area contributed by atoms with Crippen LogP contribution in [0.3, 0.4) is 0 Å². The average molecular weight is 1170 g/mol. The number of carbonyl (C=O) groups is 2. The molecule has 0 aliphatic carbocycles. The van der Waals surface area contributed by atoms with Gasteiger partial charge in [0.05, 0.1) is 53.2 Å². The number of carbonyl (C=O) groups excluding carboxylic acids is 2. The van der Waals surface area contributed by atoms with Crippen LogP contribution in [0.5, 0.6) is 0 Å². The Labute approximate surface area is 468 Å². The van der Waals surface area contributed by atoms with E-state index in [0.717, 1.165) is 31.3 Å². The highest BCUT2D eigenvalue weighted by Crippen LogP contribution is 2.55. The molecule has 13 nitrogen and oxygen atoms in total. The van der Waals surface area contributed by atoms with Crippen LogP contribution in [-0.4, -0.2) is 125 Å². The lowest BCUT2D eigenvalue weighted by atomic mass is 9.78. The summed E-state index contributed by atoms with van der Waals surface area (Å²) in [5.74, 6) is -2.54. The Kier molecular flexibility index (Phi) is 18.5. The van der Waals surface area contributed by atoms with Gasteiger partial charge in [-0.2, -0.15) is 0 Å². The summed E-state index contributed by atoms with van der Waals surface area (Å²) in [4.78, 5) is 29.0. The Morgan fingerprint density at radius 2 is 1.55 bits per heavy atom. The number of halogens is 1. The molecule has 8 fully saturated rings. The van der Waals surface area contributed by atoms with Crippen LogP contribution in [-0.2, 0) is 57.0 Å². The molecular formula is C61H87BrO13SSi. The smallest absolute Gasteiger partial charge is 0.338 e. The first-order valence-corrected chi connectivity index (χ1v) is 34.1. The summed E-state index contributed by atoms with van der Waals surface area (Å²) >= 11 is 3.49. The monoisotopic (exact) mass is 1170 g/mol. The molecule has 0 amide bonds. The Morgan fingerprint density at radius 1 is 0.870 bits per heavy atom. The van der Waals surface area contributed by atoms with Crippen molar-refractivity contribution in [3.63, 3.8) is 0 Å². The van der Waals surface area contributed by atoms with Crippen LogP contribution in [0.25, 0.3) is 0 Å². The van der Waals surface area contributed by atoms with Crippen LogP contribution in [0.1, 0.15) is 142 Å². The van der Waals surface area contributed by atoms with Crippen LogP contribution >= 0.6 is 15.9 Å². The molecule has 5 unspecified atom stereocenters. The molecule has 19 atom stereocenters. The number of rotatable bonds is 23. The maximum Gasteiger partial charge on any atom is 0.338 e. The molecule has 0 N–H and O–H groups in total. The van der Waals surface area contributed by atoms with Gasteiger partial charge in [-0.25, -0.2) is 13.2 Å². The van der Waals surface area contributed by atoms with Gasteiger partial charge in [0.1, 0.15) is 41.9 Å². The summed E-state index contributed by atoms with van der Waals surface area (Å²) in [6.07, 6.45) is 2.32. The molecule has 0 saturated carbocycles. The van der Waals surface area contributed by atoms with Crippen molar-refractivity contribution in [3.05, 3.63) is 89.4 Å². The molecule has 0 spiro atoms. The molecule has 16 heteroatoms. The van der Waals surface area contributed by atoms with E-state index in [1.165, 1.54) is 0 Å². The third-order valence-corrected chi connectivity index (χ3v) is 25.6. The third kappa shape index (κ3) is 12.9. The van der Waals surface area contributed by atoms with E-state index in [1.54, 1.807) is 54.6 Å². The molecule has 8 aliphatic rings. The van der Waals surface area contributed by atoms with Gasteiger partial charge in [-0.05, 0) is 109 Å². The predicted molar refractivity (Wildman–Crippen MR) is 301 cm³/mol. The minimum atomic E-state index is -4.28. The minimum Gasteiger partial charge on any atom is -0.458 e. The number of esters is 1. The summed E-state index contributed by atoms with van der Waals surface area (Å²) in [7, 11) is -6.34. The summed E-state index contributed by atoms with van der Waals surface area (Å²) in [5.41, 5.74) is 1.45. The number of hydrogen-bond acceptors (Lipinski definition) is 13. The molecule has 2 aromatic rings. The van der Waals surface area contributed by atoms with Gasteiger partial charge in [0, 0.05) is 44.6 Å². The zero-order valence-electron chi connectivity index (χ0n) is 47.1. The largest absolute Gasteiger partial charge is 0.458 e. The number of benzene rings is 2. The van der Waals surface area contributed by atoms with Crippen molar-refractivity contribution < 1.29 is 60.3 Å². The van der Waals surface area contributed by atoms with Crippen molar-refractivity contribution in [3.8, 4) is 0 Å². The van der Waals surface area contributed by atoms with E-state index in [4.69, 9.17) is 42.3 Å². The van der Waals surface area contributed by atoms with Crippen molar-refractivity contribution in [1.82, 2.24) is 0 Å². The zero-order valence-corrected chi connectivity index (χ0v) is 50.5. The molecule has 426 valence electrons. The fourth-order valence-electron chi connectivity index (χ4n) is 13.2. The van der Waals surface area contributed by atoms with Crippen LogP contribution in [0.15, 0.2) is 88.8 Å². The molecular weight excluding hydrogens is 1080 g/mol. The number of unbranched alkanes of at least 4 members (excludes halogenated alkanes) is 1. The van der Waals surface area contributed by atoms with Crippen molar-refractivity contribution in [2.45, 2.75) is 245 Å². The Bertz CT molecular complexity index is 2510. The highest BCUT2D eigenvalue weighted by molar-refractivity contribution is 9.11. The first-order chi connectivity index (χ1) is 36.5. The molecule has 6 bridgehead atoms. The van der Waals surface area contributed by atoms with Gasteiger partial charge >= 0.3 is 5.97 Å². The standard InChI is InChI=1S/C61H87BrO13SSi/c1-12-13-22-42-30-37(3)39(5)49(68-42)33-50-52(40(6)48(71-50)29-36(2)35-67-77(10,11)60(7,8)9)58(76(65,66)45-23-18-15-19-24-45)46(63)32-43-25-26-47-53(69-43)57-56-55(72-47)54-51(73-56)34-61(74-54,75-57)28-27-44(31-38(4)62)70-59(64)41-20-16-14-17-21-41/h14-21,23-24,36-37,40,42-44,47-58H,4-5,12-13,22,25-35H2,1-3,6-11H3/t36-,37+,40-,42-,43+,44+,47-,48+,49?,50-,51?,52?,53-,54-,55-,56+,57?,58?,61-/m0/s1. The van der Waals surface area contributed by atoms with Crippen molar-refractivity contribution >= 4 is 45.8 Å². The SMILES string of the molecule is C=C(Br)C[C@@H](CC[C@@]12CC3O[C@H]4C(O1)[C@H]1O[C@@H](CC(=O)C(C5[C@H](CC6O[C@@H](CCCC)C[C@@H](C)C6=C)O[C@H](C[C@H](C)CO[Si](C)(C)C(C)(C)C)[C@@H]5C)S(=O)(=O)c5ccccc5)CC[C@@H]1O[C@H]4[C@H]3O2)OC(=O)c1ccccc1. The van der Waals surface area contributed by atoms with Crippen molar-refractivity contribution in [1.29, 1.82) is 0 Å². The van der Waals surface area contributed by atoms with E-state index in [-0.39, 0.29) is 76.8 Å². The topological polar surface area (TPSA) is 151 Å². The van der Waals surface area contributed by atoms with Gasteiger partial charge in [-0.1, -0.05) is 127 Å². The number of fused-ring (bicyclic) bond motifs is 1. The van der Waals surface area contributed by atoms with Crippen LogP contribution in [0, 0.1) is 23.7 Å². The highest BCUT2D eigenvalue weighted by Gasteiger charge is 2.69. The lowest BCUT2D eigenvalue weighted by Crippen LogP contribution is -2.62. The molecule has 77 heavy (non-hydrogen) atoms. The van der Waals surface area contributed by atoms with Crippen molar-refractivity contribution in [2.75, 3.05) is 6.61 Å². The van der Waals surface area contributed by atoms with E-state index >= 15 is 13.2 Å². The quantitative estimate of drug-likeness (QED) is 0.0590. The molecule has 2 aromatic carbocycles. The second-order valence-corrected chi connectivity index (χ2v) is 33.4. The van der Waals surface area contributed by atoms with Gasteiger partial charge in [-0.3, -0.25) is 4.79 Å². The van der Waals surface area contributed by atoms with Gasteiger partial charge < -0.3 is 42.3 Å². The average Bonchev–Trinajstić information content (AvgIpc) is 3.99. The molecule has 8 aliphatic heterocycles. The van der Waals surface area contributed by atoms with Gasteiger partial charge in [0.25, 0.3) is 0 Å². The number of ketones is 1. The Hall–Kier alpha value is -2.61. The first-order valence-electron chi connectivity index (χ1n) is 28.8. The van der Waals surface area contributed by atoms with Gasteiger partial charge in [-0.15, -0.1) is 0 Å². The molecule has 8 heterocycles.